The van der Waals surface area contributed by atoms with Gasteiger partial charge in [0.1, 0.15) is 5.75 Å². The summed E-state index contributed by atoms with van der Waals surface area (Å²) in [5, 5.41) is 0. The van der Waals surface area contributed by atoms with Gasteiger partial charge in [-0.2, -0.15) is 0 Å². The fourth-order valence-electron chi connectivity index (χ4n) is 1.68. The molecule has 5 heteroatoms. The number of carbonyl (C=O) groups excluding carboxylic acids is 1. The number of nitrogens with two attached hydrogens (primary N) is 1. The number of para-hydroxylation sites is 1. The van der Waals surface area contributed by atoms with Crippen molar-refractivity contribution in [3.63, 3.8) is 0 Å². The number of carbonyl (C=O) groups is 1. The summed E-state index contributed by atoms with van der Waals surface area (Å²) in [4.78, 5) is 18.1. The summed E-state index contributed by atoms with van der Waals surface area (Å²) in [6.45, 7) is 1.83. The van der Waals surface area contributed by atoms with Crippen LogP contribution < -0.4 is 10.5 Å². The second-order valence-electron chi connectivity index (χ2n) is 3.62. The number of aromatic amines is 1. The molecule has 0 unspecified atom stereocenters. The van der Waals surface area contributed by atoms with E-state index in [1.807, 2.05) is 31.2 Å². The van der Waals surface area contributed by atoms with E-state index in [-0.39, 0.29) is 5.82 Å². The highest BCUT2D eigenvalue weighted by atomic mass is 16.5. The van der Waals surface area contributed by atoms with Gasteiger partial charge in [-0.3, -0.25) is 4.79 Å². The van der Waals surface area contributed by atoms with E-state index in [0.717, 1.165) is 11.3 Å². The van der Waals surface area contributed by atoms with Crippen LogP contribution >= 0.6 is 0 Å². The molecule has 0 aliphatic rings. The maximum atomic E-state index is 11.0. The molecule has 0 aliphatic heterocycles. The Balaban J connectivity index is 2.56. The van der Waals surface area contributed by atoms with E-state index in [1.165, 1.54) is 0 Å². The first-order valence-corrected chi connectivity index (χ1v) is 5.13. The van der Waals surface area contributed by atoms with Crippen LogP contribution in [-0.2, 0) is 0 Å². The third kappa shape index (κ3) is 1.99. The third-order valence-corrected chi connectivity index (χ3v) is 2.48. The molecule has 0 bridgehead atoms. The van der Waals surface area contributed by atoms with Crippen molar-refractivity contribution >= 4 is 5.91 Å². The molecule has 1 amide bonds. The van der Waals surface area contributed by atoms with E-state index in [9.17, 15) is 4.79 Å². The van der Waals surface area contributed by atoms with Crippen LogP contribution in [-0.4, -0.2) is 23.0 Å². The SMILES string of the molecule is COc1ccccc1-c1nc(C(N)=O)[nH]c1C. The van der Waals surface area contributed by atoms with E-state index in [2.05, 4.69) is 9.97 Å². The number of primary amides is 1. The van der Waals surface area contributed by atoms with Gasteiger partial charge >= 0.3 is 0 Å². The Morgan fingerprint density at radius 3 is 2.71 bits per heavy atom. The number of imidazole rings is 1. The number of benzene rings is 1. The lowest BCUT2D eigenvalue weighted by Crippen LogP contribution is -2.12. The van der Waals surface area contributed by atoms with Gasteiger partial charge in [0.05, 0.1) is 12.8 Å². The van der Waals surface area contributed by atoms with Crippen LogP contribution in [0.4, 0.5) is 0 Å². The van der Waals surface area contributed by atoms with Gasteiger partial charge in [0.15, 0.2) is 5.82 Å². The van der Waals surface area contributed by atoms with E-state index in [4.69, 9.17) is 10.5 Å². The zero-order chi connectivity index (χ0) is 12.4. The lowest BCUT2D eigenvalue weighted by atomic mass is 10.1. The van der Waals surface area contributed by atoms with Crippen molar-refractivity contribution in [3.05, 3.63) is 35.8 Å². The number of rotatable bonds is 3. The van der Waals surface area contributed by atoms with Gasteiger partial charge in [0, 0.05) is 11.3 Å². The topological polar surface area (TPSA) is 81.0 Å². The lowest BCUT2D eigenvalue weighted by molar-refractivity contribution is 0.0991. The number of nitrogens with one attached hydrogen (secondary N) is 1. The van der Waals surface area contributed by atoms with Crippen molar-refractivity contribution in [2.75, 3.05) is 7.11 Å². The molecule has 2 rings (SSSR count). The molecule has 0 aliphatic carbocycles. The number of aromatic nitrogens is 2. The Bertz CT molecular complexity index is 561. The second kappa shape index (κ2) is 4.29. The minimum absolute atomic E-state index is 0.156. The molecule has 5 nitrogen and oxygen atoms in total. The molecule has 2 aromatic rings. The first-order valence-electron chi connectivity index (χ1n) is 5.13. The molecule has 0 fully saturated rings. The molecule has 0 saturated heterocycles. The van der Waals surface area contributed by atoms with Crippen molar-refractivity contribution in [2.45, 2.75) is 6.92 Å². The molecule has 1 aromatic heterocycles. The van der Waals surface area contributed by atoms with Gasteiger partial charge in [-0.15, -0.1) is 0 Å². The number of nitrogens with zero attached hydrogens (tertiary/aromatic N) is 1. The number of hydrogen-bond acceptors (Lipinski definition) is 3. The Kier molecular flexibility index (Phi) is 2.82. The predicted octanol–water partition coefficient (Wildman–Crippen LogP) is 1.49. The summed E-state index contributed by atoms with van der Waals surface area (Å²) in [5.41, 5.74) is 7.47. The Morgan fingerprint density at radius 2 is 2.12 bits per heavy atom. The summed E-state index contributed by atoms with van der Waals surface area (Å²) in [6, 6.07) is 7.48. The van der Waals surface area contributed by atoms with Crippen molar-refractivity contribution in [1.29, 1.82) is 0 Å². The van der Waals surface area contributed by atoms with Gasteiger partial charge in [-0.05, 0) is 19.1 Å². The highest BCUT2D eigenvalue weighted by Crippen LogP contribution is 2.30. The van der Waals surface area contributed by atoms with Crippen molar-refractivity contribution in [3.8, 4) is 17.0 Å². The maximum Gasteiger partial charge on any atom is 0.284 e. The van der Waals surface area contributed by atoms with Gasteiger partial charge in [0.2, 0.25) is 0 Å². The Morgan fingerprint density at radius 1 is 1.41 bits per heavy atom. The fraction of sp³-hybridized carbons (Fsp3) is 0.167. The number of aryl methyl sites for hydroxylation is 1. The Hall–Kier alpha value is -2.30. The molecule has 3 N–H and O–H groups in total. The fourth-order valence-corrected chi connectivity index (χ4v) is 1.68. The van der Waals surface area contributed by atoms with Crippen LogP contribution in [0.3, 0.4) is 0 Å². The number of methoxy groups -OCH3 is 1. The van der Waals surface area contributed by atoms with Crippen LogP contribution in [0.15, 0.2) is 24.3 Å². The normalized spacial score (nSPS) is 10.2. The molecule has 88 valence electrons. The van der Waals surface area contributed by atoms with Crippen LogP contribution in [0.5, 0.6) is 5.75 Å². The Labute approximate surface area is 98.6 Å². The summed E-state index contributed by atoms with van der Waals surface area (Å²) in [6.07, 6.45) is 0. The lowest BCUT2D eigenvalue weighted by Gasteiger charge is -2.05. The number of hydrogen-bond donors (Lipinski definition) is 2. The molecule has 0 spiro atoms. The largest absolute Gasteiger partial charge is 0.496 e. The highest BCUT2D eigenvalue weighted by molar-refractivity contribution is 5.90. The average molecular weight is 231 g/mol. The molecule has 0 radical (unpaired) electrons. The van der Waals surface area contributed by atoms with E-state index >= 15 is 0 Å². The highest BCUT2D eigenvalue weighted by Gasteiger charge is 2.15. The average Bonchev–Trinajstić information content (AvgIpc) is 2.71. The minimum atomic E-state index is -0.575. The molecule has 17 heavy (non-hydrogen) atoms. The van der Waals surface area contributed by atoms with Crippen molar-refractivity contribution in [2.24, 2.45) is 5.73 Å². The number of ether oxygens (including phenoxy) is 1. The first-order chi connectivity index (χ1) is 8.13. The molecule has 1 heterocycles. The summed E-state index contributed by atoms with van der Waals surface area (Å²) >= 11 is 0. The van der Waals surface area contributed by atoms with E-state index in [1.54, 1.807) is 7.11 Å². The van der Waals surface area contributed by atoms with Crippen molar-refractivity contribution in [1.82, 2.24) is 9.97 Å². The molecular formula is C12H13N3O2. The van der Waals surface area contributed by atoms with Gasteiger partial charge in [0.25, 0.3) is 5.91 Å². The maximum absolute atomic E-state index is 11.0. The monoisotopic (exact) mass is 231 g/mol. The summed E-state index contributed by atoms with van der Waals surface area (Å²) in [7, 11) is 1.59. The van der Waals surface area contributed by atoms with Gasteiger partial charge in [-0.1, -0.05) is 12.1 Å². The first kappa shape index (κ1) is 11.2. The summed E-state index contributed by atoms with van der Waals surface area (Å²) in [5.74, 6) is 0.288. The second-order valence-corrected chi connectivity index (χ2v) is 3.62. The zero-order valence-electron chi connectivity index (χ0n) is 9.65. The smallest absolute Gasteiger partial charge is 0.284 e. The quantitative estimate of drug-likeness (QED) is 0.839. The summed E-state index contributed by atoms with van der Waals surface area (Å²) < 4.78 is 5.25. The van der Waals surface area contributed by atoms with Crippen molar-refractivity contribution < 1.29 is 9.53 Å². The molecule has 0 atom stereocenters. The minimum Gasteiger partial charge on any atom is -0.496 e. The van der Waals surface area contributed by atoms with Gasteiger partial charge < -0.3 is 15.5 Å². The van der Waals surface area contributed by atoms with Crippen LogP contribution in [0.25, 0.3) is 11.3 Å². The van der Waals surface area contributed by atoms with Crippen LogP contribution in [0.2, 0.25) is 0 Å². The van der Waals surface area contributed by atoms with Crippen LogP contribution in [0, 0.1) is 6.92 Å². The number of amides is 1. The van der Waals surface area contributed by atoms with E-state index < -0.39 is 5.91 Å². The third-order valence-electron chi connectivity index (χ3n) is 2.48. The number of H-pyrrole nitrogens is 1. The standard InChI is InChI=1S/C12H13N3O2/c1-7-10(15-12(14-7)11(13)16)8-5-3-4-6-9(8)17-2/h3-6H,1-2H3,(H2,13,16)(H,14,15). The zero-order valence-corrected chi connectivity index (χ0v) is 9.65. The molecule has 1 aromatic carbocycles. The van der Waals surface area contributed by atoms with Crippen LogP contribution in [0.1, 0.15) is 16.3 Å². The molecular weight excluding hydrogens is 218 g/mol. The predicted molar refractivity (Wildman–Crippen MR) is 63.8 cm³/mol. The molecule has 0 saturated carbocycles. The van der Waals surface area contributed by atoms with E-state index in [0.29, 0.717) is 11.4 Å². The van der Waals surface area contributed by atoms with Gasteiger partial charge in [-0.25, -0.2) is 4.98 Å².